The molecule has 5 heteroatoms. The van der Waals surface area contributed by atoms with E-state index in [1.54, 1.807) is 19.5 Å². The van der Waals surface area contributed by atoms with E-state index < -0.39 is 0 Å². The molecule has 0 saturated heterocycles. The van der Waals surface area contributed by atoms with Crippen LogP contribution in [0.15, 0.2) is 47.2 Å². The molecule has 0 amide bonds. The molecule has 0 aliphatic carbocycles. The maximum absolute atomic E-state index is 5.64. The molecule has 0 bridgehead atoms. The standard InChI is InChI=1S/C14H16BrN3O/c1-19-14-3-2-10(8-12(14)15)9-13(18-16)11-4-6-17-7-5-11/h2-8,13,18H,9,16H2,1H3. The molecule has 19 heavy (non-hydrogen) atoms. The molecular weight excluding hydrogens is 306 g/mol. The summed E-state index contributed by atoms with van der Waals surface area (Å²) in [6, 6.07) is 10.0. The lowest BCUT2D eigenvalue weighted by Gasteiger charge is -2.16. The third kappa shape index (κ3) is 3.53. The second kappa shape index (κ2) is 6.65. The van der Waals surface area contributed by atoms with Crippen LogP contribution in [0.5, 0.6) is 5.75 Å². The van der Waals surface area contributed by atoms with E-state index >= 15 is 0 Å². The fourth-order valence-corrected chi connectivity index (χ4v) is 2.53. The van der Waals surface area contributed by atoms with E-state index in [1.807, 2.05) is 30.3 Å². The minimum Gasteiger partial charge on any atom is -0.496 e. The number of pyridine rings is 1. The van der Waals surface area contributed by atoms with Gasteiger partial charge in [0.2, 0.25) is 0 Å². The van der Waals surface area contributed by atoms with Crippen LogP contribution in [0.1, 0.15) is 17.2 Å². The molecule has 0 aliphatic rings. The van der Waals surface area contributed by atoms with Crippen LogP contribution in [0.25, 0.3) is 0 Å². The number of aromatic nitrogens is 1. The maximum Gasteiger partial charge on any atom is 0.133 e. The first kappa shape index (κ1) is 14.0. The van der Waals surface area contributed by atoms with Gasteiger partial charge in [-0.2, -0.15) is 0 Å². The van der Waals surface area contributed by atoms with E-state index in [1.165, 1.54) is 5.56 Å². The number of nitrogens with zero attached hydrogens (tertiary/aromatic N) is 1. The normalized spacial score (nSPS) is 12.2. The molecule has 4 nitrogen and oxygen atoms in total. The number of nitrogens with one attached hydrogen (secondary N) is 1. The van der Waals surface area contributed by atoms with Gasteiger partial charge >= 0.3 is 0 Å². The molecule has 100 valence electrons. The van der Waals surface area contributed by atoms with Crippen LogP contribution < -0.4 is 16.0 Å². The Balaban J connectivity index is 2.17. The lowest BCUT2D eigenvalue weighted by atomic mass is 10.0. The van der Waals surface area contributed by atoms with Gasteiger partial charge in [-0.3, -0.25) is 16.3 Å². The highest BCUT2D eigenvalue weighted by atomic mass is 79.9. The summed E-state index contributed by atoms with van der Waals surface area (Å²) >= 11 is 3.49. The van der Waals surface area contributed by atoms with Crippen LogP contribution in [-0.4, -0.2) is 12.1 Å². The average Bonchev–Trinajstić information content (AvgIpc) is 2.46. The first-order chi connectivity index (χ1) is 9.24. The van der Waals surface area contributed by atoms with Crippen molar-refractivity contribution < 1.29 is 4.74 Å². The molecule has 2 rings (SSSR count). The Kier molecular flexibility index (Phi) is 4.90. The minimum absolute atomic E-state index is 0.0586. The van der Waals surface area contributed by atoms with Gasteiger partial charge in [-0.1, -0.05) is 6.07 Å². The van der Waals surface area contributed by atoms with E-state index in [0.717, 1.165) is 22.2 Å². The van der Waals surface area contributed by atoms with Crippen LogP contribution in [0.2, 0.25) is 0 Å². The lowest BCUT2D eigenvalue weighted by molar-refractivity contribution is 0.412. The van der Waals surface area contributed by atoms with Crippen LogP contribution in [0, 0.1) is 0 Å². The van der Waals surface area contributed by atoms with Gasteiger partial charge in [-0.05, 0) is 57.7 Å². The summed E-state index contributed by atoms with van der Waals surface area (Å²) in [5.74, 6) is 6.46. The van der Waals surface area contributed by atoms with E-state index in [-0.39, 0.29) is 6.04 Å². The number of hydrazine groups is 1. The molecule has 0 aliphatic heterocycles. The van der Waals surface area contributed by atoms with E-state index in [2.05, 4.69) is 26.3 Å². The van der Waals surface area contributed by atoms with Gasteiger partial charge < -0.3 is 4.74 Å². The second-order valence-corrected chi connectivity index (χ2v) is 5.03. The molecular formula is C14H16BrN3O. The zero-order chi connectivity index (χ0) is 13.7. The van der Waals surface area contributed by atoms with Gasteiger partial charge in [0.1, 0.15) is 5.75 Å². The summed E-state index contributed by atoms with van der Waals surface area (Å²) in [4.78, 5) is 4.01. The number of nitrogens with two attached hydrogens (primary N) is 1. The van der Waals surface area contributed by atoms with Crippen LogP contribution in [0.4, 0.5) is 0 Å². The topological polar surface area (TPSA) is 60.2 Å². The van der Waals surface area contributed by atoms with Crippen LogP contribution >= 0.6 is 15.9 Å². The smallest absolute Gasteiger partial charge is 0.133 e. The number of benzene rings is 1. The van der Waals surface area contributed by atoms with Gasteiger partial charge in [0.15, 0.2) is 0 Å². The van der Waals surface area contributed by atoms with Gasteiger partial charge in [0.25, 0.3) is 0 Å². The van der Waals surface area contributed by atoms with Crippen molar-refractivity contribution in [1.82, 2.24) is 10.4 Å². The van der Waals surface area contributed by atoms with Gasteiger partial charge in [-0.25, -0.2) is 0 Å². The molecule has 1 atom stereocenters. The molecule has 1 aromatic carbocycles. The van der Waals surface area contributed by atoms with Gasteiger partial charge in [0.05, 0.1) is 17.6 Å². The van der Waals surface area contributed by atoms with Crippen molar-refractivity contribution in [2.45, 2.75) is 12.5 Å². The summed E-state index contributed by atoms with van der Waals surface area (Å²) in [6.07, 6.45) is 4.33. The molecule has 1 heterocycles. The Hall–Kier alpha value is -1.43. The molecule has 1 aromatic heterocycles. The first-order valence-corrected chi connectivity index (χ1v) is 6.72. The Bertz CT molecular complexity index is 533. The fourth-order valence-electron chi connectivity index (χ4n) is 1.94. The molecule has 0 fully saturated rings. The molecule has 0 radical (unpaired) electrons. The summed E-state index contributed by atoms with van der Waals surface area (Å²) in [7, 11) is 1.65. The molecule has 2 aromatic rings. The predicted octanol–water partition coefficient (Wildman–Crippen LogP) is 2.60. The van der Waals surface area contributed by atoms with Gasteiger partial charge in [0, 0.05) is 12.4 Å². The highest BCUT2D eigenvalue weighted by molar-refractivity contribution is 9.10. The number of methoxy groups -OCH3 is 1. The SMILES string of the molecule is COc1ccc(CC(NN)c2ccncc2)cc1Br. The number of ether oxygens (including phenoxy) is 1. The monoisotopic (exact) mass is 321 g/mol. The molecule has 1 unspecified atom stereocenters. The Morgan fingerprint density at radius 2 is 2.05 bits per heavy atom. The van der Waals surface area contributed by atoms with Crippen molar-refractivity contribution in [1.29, 1.82) is 0 Å². The third-order valence-corrected chi connectivity index (χ3v) is 3.59. The molecule has 0 spiro atoms. The fraction of sp³-hybridized carbons (Fsp3) is 0.214. The lowest BCUT2D eigenvalue weighted by Crippen LogP contribution is -2.29. The predicted molar refractivity (Wildman–Crippen MR) is 78.7 cm³/mol. The summed E-state index contributed by atoms with van der Waals surface area (Å²) in [5, 5.41) is 0. The van der Waals surface area contributed by atoms with Crippen molar-refractivity contribution in [3.8, 4) is 5.75 Å². The third-order valence-electron chi connectivity index (χ3n) is 2.97. The highest BCUT2D eigenvalue weighted by Crippen LogP contribution is 2.27. The largest absolute Gasteiger partial charge is 0.496 e. The maximum atomic E-state index is 5.64. The highest BCUT2D eigenvalue weighted by Gasteiger charge is 2.11. The first-order valence-electron chi connectivity index (χ1n) is 5.93. The van der Waals surface area contributed by atoms with Crippen molar-refractivity contribution in [3.63, 3.8) is 0 Å². The van der Waals surface area contributed by atoms with Crippen molar-refractivity contribution in [2.75, 3.05) is 7.11 Å². The van der Waals surface area contributed by atoms with Crippen LogP contribution in [0.3, 0.4) is 0 Å². The second-order valence-electron chi connectivity index (χ2n) is 4.17. The zero-order valence-electron chi connectivity index (χ0n) is 10.6. The Morgan fingerprint density at radius 3 is 2.63 bits per heavy atom. The zero-order valence-corrected chi connectivity index (χ0v) is 12.2. The number of halogens is 1. The number of hydrogen-bond donors (Lipinski definition) is 2. The van der Waals surface area contributed by atoms with Gasteiger partial charge in [-0.15, -0.1) is 0 Å². The summed E-state index contributed by atoms with van der Waals surface area (Å²) in [6.45, 7) is 0. The van der Waals surface area contributed by atoms with E-state index in [0.29, 0.717) is 0 Å². The number of rotatable bonds is 5. The van der Waals surface area contributed by atoms with Crippen molar-refractivity contribution in [2.24, 2.45) is 5.84 Å². The Morgan fingerprint density at radius 1 is 1.32 bits per heavy atom. The molecule has 3 N–H and O–H groups in total. The Labute approximate surface area is 121 Å². The molecule has 0 saturated carbocycles. The average molecular weight is 322 g/mol. The quantitative estimate of drug-likeness (QED) is 0.656. The van der Waals surface area contributed by atoms with Crippen molar-refractivity contribution >= 4 is 15.9 Å². The summed E-state index contributed by atoms with van der Waals surface area (Å²) < 4.78 is 6.16. The van der Waals surface area contributed by atoms with Crippen LogP contribution in [-0.2, 0) is 6.42 Å². The van der Waals surface area contributed by atoms with Crippen molar-refractivity contribution in [3.05, 3.63) is 58.3 Å². The van der Waals surface area contributed by atoms with E-state index in [9.17, 15) is 0 Å². The minimum atomic E-state index is 0.0586. The number of hydrogen-bond acceptors (Lipinski definition) is 4. The summed E-state index contributed by atoms with van der Waals surface area (Å²) in [5.41, 5.74) is 5.13. The van der Waals surface area contributed by atoms with E-state index in [4.69, 9.17) is 10.6 Å².